The lowest BCUT2D eigenvalue weighted by molar-refractivity contribution is 0.0963. The highest BCUT2D eigenvalue weighted by atomic mass is 127. The van der Waals surface area contributed by atoms with E-state index < -0.39 is 0 Å². The number of hydrogen-bond acceptors (Lipinski definition) is 4. The first-order valence-electron chi connectivity index (χ1n) is 8.90. The average Bonchev–Trinajstić information content (AvgIpc) is 2.66. The Hall–Kier alpha value is -1.42. The molecule has 1 aliphatic heterocycles. The van der Waals surface area contributed by atoms with Crippen LogP contribution in [0.15, 0.2) is 29.3 Å². The molecule has 0 unspecified atom stereocenters. The van der Waals surface area contributed by atoms with Gasteiger partial charge in [0.1, 0.15) is 12.4 Å². The van der Waals surface area contributed by atoms with Gasteiger partial charge in [-0.1, -0.05) is 23.7 Å². The highest BCUT2D eigenvalue weighted by Gasteiger charge is 2.23. The highest BCUT2D eigenvalue weighted by molar-refractivity contribution is 14.0. The van der Waals surface area contributed by atoms with Gasteiger partial charge in [-0.2, -0.15) is 0 Å². The highest BCUT2D eigenvalue weighted by Crippen LogP contribution is 2.22. The van der Waals surface area contributed by atoms with Crippen LogP contribution in [-0.2, 0) is 4.74 Å². The number of guanidine groups is 1. The van der Waals surface area contributed by atoms with E-state index in [0.717, 1.165) is 18.8 Å². The Morgan fingerprint density at radius 3 is 2.67 bits per heavy atom. The number of likely N-dealkylation sites (tertiary alicyclic amines) is 1. The Morgan fingerprint density at radius 2 is 2.04 bits per heavy atom. The van der Waals surface area contributed by atoms with Crippen molar-refractivity contribution >= 4 is 47.6 Å². The average molecular weight is 511 g/mol. The van der Waals surface area contributed by atoms with E-state index in [2.05, 4.69) is 15.6 Å². The number of aliphatic imine (C=N–C) groups is 1. The molecule has 2 rings (SSSR count). The van der Waals surface area contributed by atoms with E-state index in [1.54, 1.807) is 18.0 Å². The van der Waals surface area contributed by atoms with E-state index in [1.807, 2.05) is 25.1 Å². The van der Waals surface area contributed by atoms with E-state index in [0.29, 0.717) is 43.6 Å². The Balaban J connectivity index is 0.00000364. The minimum atomic E-state index is -0.231. The zero-order chi connectivity index (χ0) is 18.8. The van der Waals surface area contributed by atoms with Crippen molar-refractivity contribution in [3.05, 3.63) is 29.3 Å². The van der Waals surface area contributed by atoms with E-state index in [4.69, 9.17) is 21.1 Å². The van der Waals surface area contributed by atoms with Crippen LogP contribution in [0.25, 0.3) is 0 Å². The Morgan fingerprint density at radius 1 is 1.33 bits per heavy atom. The minimum absolute atomic E-state index is 0. The van der Waals surface area contributed by atoms with Crippen LogP contribution in [0.4, 0.5) is 4.79 Å². The number of benzene rings is 1. The van der Waals surface area contributed by atoms with Gasteiger partial charge in [-0.05, 0) is 31.9 Å². The molecule has 0 atom stereocenters. The molecule has 7 nitrogen and oxygen atoms in total. The number of hydrogen-bond donors (Lipinski definition) is 2. The summed E-state index contributed by atoms with van der Waals surface area (Å²) >= 11 is 6.06. The van der Waals surface area contributed by atoms with Crippen LogP contribution < -0.4 is 15.4 Å². The molecule has 0 aliphatic carbocycles. The smallest absolute Gasteiger partial charge is 0.409 e. The lowest BCUT2D eigenvalue weighted by Gasteiger charge is -2.32. The maximum atomic E-state index is 11.7. The molecule has 0 spiro atoms. The van der Waals surface area contributed by atoms with E-state index in [1.165, 1.54) is 0 Å². The summed E-state index contributed by atoms with van der Waals surface area (Å²) in [5.41, 5.74) is 0. The van der Waals surface area contributed by atoms with Gasteiger partial charge in [0.05, 0.1) is 18.2 Å². The molecule has 1 aromatic carbocycles. The Labute approximate surface area is 182 Å². The summed E-state index contributed by atoms with van der Waals surface area (Å²) in [5.74, 6) is 1.40. The van der Waals surface area contributed by atoms with Crippen molar-refractivity contribution in [3.8, 4) is 5.75 Å². The Kier molecular flexibility index (Phi) is 11.3. The van der Waals surface area contributed by atoms with Gasteiger partial charge in [0, 0.05) is 26.2 Å². The van der Waals surface area contributed by atoms with Crippen molar-refractivity contribution in [1.82, 2.24) is 15.5 Å². The molecule has 152 valence electrons. The van der Waals surface area contributed by atoms with Gasteiger partial charge in [0.25, 0.3) is 0 Å². The summed E-state index contributed by atoms with van der Waals surface area (Å²) in [6, 6.07) is 7.67. The molecule has 9 heteroatoms. The molecule has 2 N–H and O–H groups in total. The van der Waals surface area contributed by atoms with Crippen LogP contribution in [0.5, 0.6) is 5.75 Å². The number of nitrogens with zero attached hydrogens (tertiary/aromatic N) is 2. The van der Waals surface area contributed by atoms with E-state index in [-0.39, 0.29) is 36.1 Å². The van der Waals surface area contributed by atoms with Crippen LogP contribution in [0.1, 0.15) is 19.8 Å². The fourth-order valence-corrected chi connectivity index (χ4v) is 2.89. The second kappa shape index (κ2) is 12.9. The van der Waals surface area contributed by atoms with Crippen molar-refractivity contribution in [2.24, 2.45) is 4.99 Å². The molecule has 1 amide bonds. The van der Waals surface area contributed by atoms with Crippen molar-refractivity contribution in [3.63, 3.8) is 0 Å². The van der Waals surface area contributed by atoms with Crippen LogP contribution in [0.3, 0.4) is 0 Å². The first kappa shape index (κ1) is 23.6. The fourth-order valence-electron chi connectivity index (χ4n) is 2.70. The number of piperidine rings is 1. The molecule has 1 heterocycles. The van der Waals surface area contributed by atoms with Crippen LogP contribution in [0, 0.1) is 0 Å². The maximum absolute atomic E-state index is 11.7. The van der Waals surface area contributed by atoms with Crippen LogP contribution in [-0.4, -0.2) is 62.9 Å². The van der Waals surface area contributed by atoms with Gasteiger partial charge in [0.15, 0.2) is 5.96 Å². The number of para-hydroxylation sites is 1. The summed E-state index contributed by atoms with van der Waals surface area (Å²) in [5, 5.41) is 7.21. The predicted octanol–water partition coefficient (Wildman–Crippen LogP) is 3.12. The predicted molar refractivity (Wildman–Crippen MR) is 118 cm³/mol. The van der Waals surface area contributed by atoms with Gasteiger partial charge in [0.2, 0.25) is 0 Å². The van der Waals surface area contributed by atoms with Crippen molar-refractivity contribution < 1.29 is 14.3 Å². The fraction of sp³-hybridized carbons (Fsp3) is 0.556. The summed E-state index contributed by atoms with van der Waals surface area (Å²) in [4.78, 5) is 17.7. The molecular formula is C18H28ClIN4O3. The SMILES string of the molecule is CCOC(=O)N1CCC(NC(=NC)NCCOc2ccccc2Cl)CC1.I. The maximum Gasteiger partial charge on any atom is 0.409 e. The van der Waals surface area contributed by atoms with Crippen LogP contribution >= 0.6 is 35.6 Å². The largest absolute Gasteiger partial charge is 0.490 e. The molecule has 0 aromatic heterocycles. The quantitative estimate of drug-likeness (QED) is 0.266. The van der Waals surface area contributed by atoms with Gasteiger partial charge in [-0.3, -0.25) is 4.99 Å². The molecule has 1 saturated heterocycles. The minimum Gasteiger partial charge on any atom is -0.490 e. The topological polar surface area (TPSA) is 75.2 Å². The number of rotatable bonds is 6. The lowest BCUT2D eigenvalue weighted by Crippen LogP contribution is -2.50. The zero-order valence-electron chi connectivity index (χ0n) is 15.7. The summed E-state index contributed by atoms with van der Waals surface area (Å²) in [6.07, 6.45) is 1.48. The third-order valence-electron chi connectivity index (χ3n) is 4.07. The standard InChI is InChI=1S/C18H27ClN4O3.HI/c1-3-25-18(24)23-11-8-14(9-12-23)22-17(20-2)21-10-13-26-16-7-5-4-6-15(16)19;/h4-7,14H,3,8-13H2,1-2H3,(H2,20,21,22);1H. The molecule has 1 fully saturated rings. The van der Waals surface area contributed by atoms with Gasteiger partial charge in [-0.25, -0.2) is 4.79 Å². The van der Waals surface area contributed by atoms with Crippen LogP contribution in [0.2, 0.25) is 5.02 Å². The third-order valence-corrected chi connectivity index (χ3v) is 4.39. The second-order valence-corrected chi connectivity index (χ2v) is 6.29. The van der Waals surface area contributed by atoms with E-state index in [9.17, 15) is 4.79 Å². The van der Waals surface area contributed by atoms with Crippen molar-refractivity contribution in [2.75, 3.05) is 39.9 Å². The van der Waals surface area contributed by atoms with Crippen molar-refractivity contribution in [2.45, 2.75) is 25.8 Å². The third kappa shape index (κ3) is 8.00. The normalized spacial score (nSPS) is 14.9. The number of carbonyl (C=O) groups is 1. The monoisotopic (exact) mass is 510 g/mol. The summed E-state index contributed by atoms with van der Waals surface area (Å²) in [6.45, 7) is 4.67. The molecule has 0 radical (unpaired) electrons. The van der Waals surface area contributed by atoms with Gasteiger partial charge in [-0.15, -0.1) is 24.0 Å². The molecule has 1 aromatic rings. The first-order chi connectivity index (χ1) is 12.6. The number of ether oxygens (including phenoxy) is 2. The summed E-state index contributed by atoms with van der Waals surface area (Å²) < 4.78 is 10.7. The van der Waals surface area contributed by atoms with E-state index >= 15 is 0 Å². The first-order valence-corrected chi connectivity index (χ1v) is 9.28. The second-order valence-electron chi connectivity index (χ2n) is 5.88. The zero-order valence-corrected chi connectivity index (χ0v) is 18.8. The molecular weight excluding hydrogens is 483 g/mol. The molecule has 27 heavy (non-hydrogen) atoms. The Bertz CT molecular complexity index is 610. The lowest BCUT2D eigenvalue weighted by atomic mass is 10.1. The number of halogens is 2. The van der Waals surface area contributed by atoms with Crippen molar-refractivity contribution in [1.29, 1.82) is 0 Å². The molecule has 0 saturated carbocycles. The summed E-state index contributed by atoms with van der Waals surface area (Å²) in [7, 11) is 1.73. The van der Waals surface area contributed by atoms with Gasteiger partial charge >= 0.3 is 6.09 Å². The number of nitrogens with one attached hydrogen (secondary N) is 2. The van der Waals surface area contributed by atoms with Gasteiger partial charge < -0.3 is 25.0 Å². The number of amides is 1. The number of carbonyl (C=O) groups excluding carboxylic acids is 1. The molecule has 1 aliphatic rings. The molecule has 0 bridgehead atoms.